The van der Waals surface area contributed by atoms with Crippen LogP contribution >= 0.6 is 0 Å². The van der Waals surface area contributed by atoms with Crippen LogP contribution in [0.2, 0.25) is 0 Å². The molecule has 4 heteroatoms. The van der Waals surface area contributed by atoms with E-state index in [4.69, 9.17) is 0 Å². The summed E-state index contributed by atoms with van der Waals surface area (Å²) >= 11 is 0. The molecule has 3 aromatic rings. The smallest absolute Gasteiger partial charge is 0.258 e. The zero-order chi connectivity index (χ0) is 19.4. The molecule has 140 valence electrons. The zero-order valence-corrected chi connectivity index (χ0v) is 16.2. The Kier molecular flexibility index (Phi) is 5.75. The van der Waals surface area contributed by atoms with Crippen molar-refractivity contribution in [2.45, 2.75) is 46.2 Å². The van der Waals surface area contributed by atoms with Gasteiger partial charge in [0.05, 0.1) is 11.6 Å². The summed E-state index contributed by atoms with van der Waals surface area (Å²) in [7, 11) is 0. The number of fused-ring (bicyclic) bond motifs is 1. The summed E-state index contributed by atoms with van der Waals surface area (Å²) in [6, 6.07) is 17.3. The molecule has 0 fully saturated rings. The van der Waals surface area contributed by atoms with E-state index in [0.29, 0.717) is 22.9 Å². The van der Waals surface area contributed by atoms with Gasteiger partial charge in [-0.05, 0) is 31.4 Å². The molecule has 0 radical (unpaired) electrons. The minimum Gasteiger partial charge on any atom is -0.345 e. The van der Waals surface area contributed by atoms with E-state index in [1.165, 1.54) is 0 Å². The Morgan fingerprint density at radius 1 is 1.00 bits per heavy atom. The number of benzene rings is 2. The second-order valence-corrected chi connectivity index (χ2v) is 6.81. The first kappa shape index (κ1) is 18.9. The van der Waals surface area contributed by atoms with Crippen molar-refractivity contribution in [3.05, 3.63) is 81.8 Å². The molecule has 1 heterocycles. The predicted octanol–water partition coefficient (Wildman–Crippen LogP) is 4.60. The maximum absolute atomic E-state index is 13.3. The van der Waals surface area contributed by atoms with Gasteiger partial charge >= 0.3 is 0 Å². The van der Waals surface area contributed by atoms with Crippen LogP contribution in [0.5, 0.6) is 0 Å². The maximum Gasteiger partial charge on any atom is 0.258 e. The number of nitrogens with one attached hydrogen (secondary N) is 1. The van der Waals surface area contributed by atoms with E-state index in [2.05, 4.69) is 12.2 Å². The van der Waals surface area contributed by atoms with Gasteiger partial charge in [0.25, 0.3) is 11.5 Å². The molecular formula is C23H26N2O2. The van der Waals surface area contributed by atoms with Crippen molar-refractivity contribution in [3.8, 4) is 0 Å². The minimum absolute atomic E-state index is 0.0309. The molecule has 0 aliphatic carbocycles. The fraction of sp³-hybridized carbons (Fsp3) is 0.304. The van der Waals surface area contributed by atoms with Crippen molar-refractivity contribution in [2.24, 2.45) is 0 Å². The molecule has 27 heavy (non-hydrogen) atoms. The van der Waals surface area contributed by atoms with Gasteiger partial charge in [-0.25, -0.2) is 0 Å². The largest absolute Gasteiger partial charge is 0.345 e. The Morgan fingerprint density at radius 3 is 2.26 bits per heavy atom. The molecule has 0 aliphatic rings. The van der Waals surface area contributed by atoms with Crippen molar-refractivity contribution in [3.63, 3.8) is 0 Å². The van der Waals surface area contributed by atoms with Crippen molar-refractivity contribution in [1.29, 1.82) is 0 Å². The highest BCUT2D eigenvalue weighted by Gasteiger charge is 2.21. The lowest BCUT2D eigenvalue weighted by Crippen LogP contribution is -2.32. The van der Waals surface area contributed by atoms with Crippen molar-refractivity contribution in [1.82, 2.24) is 9.88 Å². The molecule has 0 spiro atoms. The summed E-state index contributed by atoms with van der Waals surface area (Å²) in [4.78, 5) is 26.1. The fourth-order valence-electron chi connectivity index (χ4n) is 3.63. The first-order valence-corrected chi connectivity index (χ1v) is 9.56. The van der Waals surface area contributed by atoms with E-state index >= 15 is 0 Å². The molecule has 4 nitrogen and oxygen atoms in total. The highest BCUT2D eigenvalue weighted by atomic mass is 16.2. The minimum atomic E-state index is -0.135. The molecule has 3 rings (SSSR count). The lowest BCUT2D eigenvalue weighted by molar-refractivity contribution is 0.0935. The third-order valence-corrected chi connectivity index (χ3v) is 5.03. The Morgan fingerprint density at radius 2 is 1.63 bits per heavy atom. The lowest BCUT2D eigenvalue weighted by atomic mass is 10.0. The maximum atomic E-state index is 13.3. The number of amides is 1. The molecular weight excluding hydrogens is 336 g/mol. The number of carbonyl (C=O) groups excluding carboxylic acids is 1. The first-order chi connectivity index (χ1) is 13.1. The van der Waals surface area contributed by atoms with Crippen LogP contribution in [0, 0.1) is 6.92 Å². The summed E-state index contributed by atoms with van der Waals surface area (Å²) < 4.78 is 1.72. The molecule has 1 aromatic heterocycles. The molecule has 1 atom stereocenters. The van der Waals surface area contributed by atoms with Gasteiger partial charge in [-0.15, -0.1) is 0 Å². The second-order valence-electron chi connectivity index (χ2n) is 6.81. The molecule has 2 aromatic carbocycles. The summed E-state index contributed by atoms with van der Waals surface area (Å²) in [5, 5.41) is 4.47. The monoisotopic (exact) mass is 362 g/mol. The molecule has 1 amide bonds. The lowest BCUT2D eigenvalue weighted by Gasteiger charge is -2.21. The summed E-state index contributed by atoms with van der Waals surface area (Å²) in [6.45, 7) is 6.55. The zero-order valence-electron chi connectivity index (χ0n) is 16.2. The van der Waals surface area contributed by atoms with Crippen LogP contribution in [0.1, 0.15) is 54.3 Å². The number of rotatable bonds is 6. The normalized spacial score (nSPS) is 12.1. The number of nitrogens with zero attached hydrogens (tertiary/aromatic N) is 1. The third kappa shape index (κ3) is 3.65. The van der Waals surface area contributed by atoms with Crippen LogP contribution in [-0.4, -0.2) is 10.5 Å². The van der Waals surface area contributed by atoms with E-state index in [0.717, 1.165) is 24.1 Å². The van der Waals surface area contributed by atoms with E-state index < -0.39 is 0 Å². The Labute approximate surface area is 159 Å². The molecule has 0 saturated carbocycles. The van der Waals surface area contributed by atoms with Crippen LogP contribution in [0.25, 0.3) is 10.8 Å². The topological polar surface area (TPSA) is 51.1 Å². The van der Waals surface area contributed by atoms with Gasteiger partial charge in [-0.3, -0.25) is 9.59 Å². The van der Waals surface area contributed by atoms with Gasteiger partial charge in [0.15, 0.2) is 0 Å². The highest BCUT2D eigenvalue weighted by Crippen LogP contribution is 2.22. The van der Waals surface area contributed by atoms with Crippen LogP contribution in [0.15, 0.2) is 59.4 Å². The Balaban J connectivity index is 2.10. The summed E-state index contributed by atoms with van der Waals surface area (Å²) in [5.41, 5.74) is 2.36. The van der Waals surface area contributed by atoms with E-state index in [1.807, 2.05) is 62.4 Å². The van der Waals surface area contributed by atoms with Crippen LogP contribution in [0.4, 0.5) is 0 Å². The number of aromatic nitrogens is 1. The third-order valence-electron chi connectivity index (χ3n) is 5.03. The van der Waals surface area contributed by atoms with Crippen molar-refractivity contribution >= 4 is 16.7 Å². The molecule has 0 saturated heterocycles. The quantitative estimate of drug-likeness (QED) is 0.697. The van der Waals surface area contributed by atoms with Crippen molar-refractivity contribution in [2.75, 3.05) is 0 Å². The summed E-state index contributed by atoms with van der Waals surface area (Å²) in [6.07, 6.45) is 1.63. The van der Waals surface area contributed by atoms with Gasteiger partial charge in [0.2, 0.25) is 0 Å². The molecule has 1 N–H and O–H groups in total. The van der Waals surface area contributed by atoms with Crippen LogP contribution in [-0.2, 0) is 6.54 Å². The van der Waals surface area contributed by atoms with E-state index in [1.54, 1.807) is 10.6 Å². The second kappa shape index (κ2) is 8.21. The first-order valence-electron chi connectivity index (χ1n) is 9.56. The Bertz CT molecular complexity index is 1010. The van der Waals surface area contributed by atoms with Gasteiger partial charge in [-0.2, -0.15) is 0 Å². The number of hydrogen-bond acceptors (Lipinski definition) is 2. The Hall–Kier alpha value is -2.88. The van der Waals surface area contributed by atoms with Crippen LogP contribution in [0.3, 0.4) is 0 Å². The average Bonchev–Trinajstić information content (AvgIpc) is 2.70. The van der Waals surface area contributed by atoms with Gasteiger partial charge in [0.1, 0.15) is 0 Å². The van der Waals surface area contributed by atoms with Crippen molar-refractivity contribution < 1.29 is 4.79 Å². The van der Waals surface area contributed by atoms with Gasteiger partial charge < -0.3 is 9.88 Å². The number of carbonyl (C=O) groups is 1. The predicted molar refractivity (Wildman–Crippen MR) is 110 cm³/mol. The summed E-state index contributed by atoms with van der Waals surface area (Å²) in [5.74, 6) is -0.135. The number of pyridine rings is 1. The van der Waals surface area contributed by atoms with Gasteiger partial charge in [-0.1, -0.05) is 62.4 Å². The van der Waals surface area contributed by atoms with Crippen LogP contribution < -0.4 is 10.9 Å². The van der Waals surface area contributed by atoms with Gasteiger partial charge in [0, 0.05) is 23.0 Å². The number of hydrogen-bond donors (Lipinski definition) is 1. The average molecular weight is 362 g/mol. The highest BCUT2D eigenvalue weighted by molar-refractivity contribution is 6.07. The standard InChI is InChI=1S/C23H26N2O2/c1-4-15-25-16(3)21(18-13-9-10-14-19(18)23(25)27)22(26)24-20(5-2)17-11-7-6-8-12-17/h6-14,20H,4-5,15H2,1-3H3,(H,24,26)/t20-/m0/s1. The fourth-order valence-corrected chi connectivity index (χ4v) is 3.63. The molecule has 0 aliphatic heterocycles. The van der Waals surface area contributed by atoms with E-state index in [-0.39, 0.29) is 17.5 Å². The SMILES string of the molecule is CCCn1c(C)c(C(=O)N[C@@H](CC)c2ccccc2)c2ccccc2c1=O. The molecule has 0 bridgehead atoms. The molecule has 0 unspecified atom stereocenters. The van der Waals surface area contributed by atoms with E-state index in [9.17, 15) is 9.59 Å².